The van der Waals surface area contributed by atoms with E-state index < -0.39 is 12.6 Å². The number of aliphatic hydroxyl groups is 1. The molecule has 7 nitrogen and oxygen atoms in total. The zero-order valence-corrected chi connectivity index (χ0v) is 16.9. The molecular formula is C16H22F3N5O2S2. The maximum absolute atomic E-state index is 12.5. The molecule has 0 amide bonds. The maximum atomic E-state index is 12.5. The molecule has 1 aliphatic rings. The van der Waals surface area contributed by atoms with E-state index in [1.807, 2.05) is 6.26 Å². The van der Waals surface area contributed by atoms with Gasteiger partial charge in [-0.1, -0.05) is 11.8 Å². The first kappa shape index (κ1) is 21.5. The fraction of sp³-hybridized carbons (Fsp3) is 0.688. The van der Waals surface area contributed by atoms with Gasteiger partial charge in [-0.15, -0.1) is 0 Å². The molecule has 2 atom stereocenters. The summed E-state index contributed by atoms with van der Waals surface area (Å²) in [4.78, 5) is 13.2. The lowest BCUT2D eigenvalue weighted by Gasteiger charge is -2.15. The SMILES string of the molecule is CSCCNc1nc(SCCC(F)(F)F)nc2c1ncn2C1CCC(CO)O1. The van der Waals surface area contributed by atoms with Gasteiger partial charge < -0.3 is 15.2 Å². The molecule has 0 radical (unpaired) electrons. The fourth-order valence-corrected chi connectivity index (χ4v) is 3.98. The van der Waals surface area contributed by atoms with Crippen LogP contribution in [-0.2, 0) is 4.74 Å². The number of aromatic nitrogens is 4. The van der Waals surface area contributed by atoms with Crippen molar-refractivity contribution < 1.29 is 23.0 Å². The highest BCUT2D eigenvalue weighted by Gasteiger charge is 2.29. The Morgan fingerprint density at radius 1 is 1.32 bits per heavy atom. The maximum Gasteiger partial charge on any atom is 0.389 e. The van der Waals surface area contributed by atoms with Gasteiger partial charge in [-0.25, -0.2) is 15.0 Å². The van der Waals surface area contributed by atoms with E-state index in [0.29, 0.717) is 29.9 Å². The summed E-state index contributed by atoms with van der Waals surface area (Å²) >= 11 is 2.64. The number of rotatable bonds is 9. The summed E-state index contributed by atoms with van der Waals surface area (Å²) in [6.07, 6.45) is -0.655. The van der Waals surface area contributed by atoms with Gasteiger partial charge in [-0.05, 0) is 19.1 Å². The molecule has 0 bridgehead atoms. The van der Waals surface area contributed by atoms with Gasteiger partial charge in [0.1, 0.15) is 6.23 Å². The van der Waals surface area contributed by atoms with Crippen LogP contribution in [0.1, 0.15) is 25.5 Å². The van der Waals surface area contributed by atoms with E-state index in [1.54, 1.807) is 22.7 Å². The molecular weight excluding hydrogens is 415 g/mol. The van der Waals surface area contributed by atoms with E-state index in [2.05, 4.69) is 20.3 Å². The molecule has 0 aromatic carbocycles. The van der Waals surface area contributed by atoms with Crippen molar-refractivity contribution >= 4 is 40.5 Å². The highest BCUT2D eigenvalue weighted by molar-refractivity contribution is 7.99. The van der Waals surface area contributed by atoms with Gasteiger partial charge in [0.15, 0.2) is 22.1 Å². The number of ether oxygens (including phenoxy) is 1. The van der Waals surface area contributed by atoms with Crippen molar-refractivity contribution in [3.8, 4) is 0 Å². The Labute approximate surface area is 168 Å². The summed E-state index contributed by atoms with van der Waals surface area (Å²) in [5, 5.41) is 12.7. The van der Waals surface area contributed by atoms with Crippen LogP contribution in [0.3, 0.4) is 0 Å². The number of imidazole rings is 1. The van der Waals surface area contributed by atoms with Crippen molar-refractivity contribution in [1.29, 1.82) is 0 Å². The number of thioether (sulfide) groups is 2. The number of hydrogen-bond donors (Lipinski definition) is 2. The number of nitrogens with zero attached hydrogens (tertiary/aromatic N) is 4. The first-order valence-corrected chi connectivity index (χ1v) is 11.2. The molecule has 2 aromatic heterocycles. The molecule has 28 heavy (non-hydrogen) atoms. The van der Waals surface area contributed by atoms with Gasteiger partial charge in [0, 0.05) is 18.1 Å². The summed E-state index contributed by atoms with van der Waals surface area (Å²) < 4.78 is 45.0. The minimum Gasteiger partial charge on any atom is -0.394 e. The van der Waals surface area contributed by atoms with Crippen molar-refractivity contribution in [3.63, 3.8) is 0 Å². The van der Waals surface area contributed by atoms with Crippen molar-refractivity contribution in [2.45, 2.75) is 42.9 Å². The second kappa shape index (κ2) is 9.51. The number of aliphatic hydroxyl groups excluding tert-OH is 1. The Kier molecular flexibility index (Phi) is 7.29. The molecule has 1 aliphatic heterocycles. The molecule has 2 N–H and O–H groups in total. The number of fused-ring (bicyclic) bond motifs is 1. The van der Waals surface area contributed by atoms with Crippen LogP contribution in [0.5, 0.6) is 0 Å². The Morgan fingerprint density at radius 3 is 2.82 bits per heavy atom. The summed E-state index contributed by atoms with van der Waals surface area (Å²) in [6.45, 7) is 0.595. The predicted molar refractivity (Wildman–Crippen MR) is 104 cm³/mol. The standard InChI is InChI=1S/C16H22F3N5O2S2/c1-27-7-5-20-13-12-14(23-15(22-13)28-6-4-16(17,18)19)24(9-21-12)11-3-2-10(8-25)26-11/h9-11,25H,2-8H2,1H3,(H,20,22,23). The van der Waals surface area contributed by atoms with Gasteiger partial charge in [0.2, 0.25) is 0 Å². The first-order valence-electron chi connectivity index (χ1n) is 8.84. The second-order valence-electron chi connectivity index (χ2n) is 6.28. The Hall–Kier alpha value is -1.24. The highest BCUT2D eigenvalue weighted by Crippen LogP contribution is 2.33. The van der Waals surface area contributed by atoms with Gasteiger partial charge in [0.25, 0.3) is 0 Å². The Morgan fingerprint density at radius 2 is 2.14 bits per heavy atom. The quantitative estimate of drug-likeness (QED) is 0.351. The lowest BCUT2D eigenvalue weighted by molar-refractivity contribution is -0.129. The van der Waals surface area contributed by atoms with Crippen LogP contribution >= 0.6 is 23.5 Å². The van der Waals surface area contributed by atoms with Crippen molar-refractivity contribution in [1.82, 2.24) is 19.5 Å². The summed E-state index contributed by atoms with van der Waals surface area (Å²) in [6, 6.07) is 0. The van der Waals surface area contributed by atoms with Crippen LogP contribution in [0.2, 0.25) is 0 Å². The minimum atomic E-state index is -4.21. The molecule has 0 spiro atoms. The molecule has 3 heterocycles. The number of hydrogen-bond acceptors (Lipinski definition) is 8. The predicted octanol–water partition coefficient (Wildman–Crippen LogP) is 3.32. The largest absolute Gasteiger partial charge is 0.394 e. The topological polar surface area (TPSA) is 85.1 Å². The van der Waals surface area contributed by atoms with E-state index in [0.717, 1.165) is 23.9 Å². The first-order chi connectivity index (χ1) is 13.4. The fourth-order valence-electron chi connectivity index (χ4n) is 2.85. The highest BCUT2D eigenvalue weighted by atomic mass is 32.2. The van der Waals surface area contributed by atoms with Crippen LogP contribution < -0.4 is 5.32 Å². The van der Waals surface area contributed by atoms with Crippen LogP contribution in [-0.4, -0.2) is 67.8 Å². The molecule has 12 heteroatoms. The molecule has 3 rings (SSSR count). The van der Waals surface area contributed by atoms with E-state index in [1.165, 1.54) is 0 Å². The lowest BCUT2D eigenvalue weighted by Crippen LogP contribution is -2.14. The molecule has 2 aromatic rings. The Bertz CT molecular complexity index is 789. The third kappa shape index (κ3) is 5.43. The molecule has 1 fully saturated rings. The van der Waals surface area contributed by atoms with E-state index in [-0.39, 0.29) is 29.8 Å². The van der Waals surface area contributed by atoms with Crippen LogP contribution in [0.15, 0.2) is 11.5 Å². The third-order valence-electron chi connectivity index (χ3n) is 4.22. The van der Waals surface area contributed by atoms with Crippen LogP contribution in [0.4, 0.5) is 19.0 Å². The van der Waals surface area contributed by atoms with Crippen molar-refractivity contribution in [3.05, 3.63) is 6.33 Å². The van der Waals surface area contributed by atoms with E-state index in [4.69, 9.17) is 4.74 Å². The smallest absolute Gasteiger partial charge is 0.389 e. The summed E-state index contributed by atoms with van der Waals surface area (Å²) in [5.41, 5.74) is 1.07. The second-order valence-corrected chi connectivity index (χ2v) is 8.33. The van der Waals surface area contributed by atoms with Crippen molar-refractivity contribution in [2.75, 3.05) is 36.2 Å². The monoisotopic (exact) mass is 437 g/mol. The number of alkyl halides is 3. The third-order valence-corrected chi connectivity index (χ3v) is 5.68. The number of nitrogens with one attached hydrogen (secondary N) is 1. The van der Waals surface area contributed by atoms with Gasteiger partial charge >= 0.3 is 6.18 Å². The lowest BCUT2D eigenvalue weighted by atomic mass is 10.2. The molecule has 0 aliphatic carbocycles. The average Bonchev–Trinajstić information content (AvgIpc) is 3.27. The van der Waals surface area contributed by atoms with Crippen molar-refractivity contribution in [2.24, 2.45) is 0 Å². The average molecular weight is 438 g/mol. The molecule has 0 saturated carbocycles. The number of anilines is 1. The normalized spacial score (nSPS) is 20.2. The van der Waals surface area contributed by atoms with Crippen LogP contribution in [0.25, 0.3) is 11.2 Å². The van der Waals surface area contributed by atoms with Crippen LogP contribution in [0, 0.1) is 0 Å². The Balaban J connectivity index is 1.86. The number of halogens is 3. The van der Waals surface area contributed by atoms with E-state index in [9.17, 15) is 18.3 Å². The summed E-state index contributed by atoms with van der Waals surface area (Å²) in [5.74, 6) is 1.20. The molecule has 1 saturated heterocycles. The van der Waals surface area contributed by atoms with Gasteiger partial charge in [0.05, 0.1) is 25.5 Å². The van der Waals surface area contributed by atoms with Gasteiger partial charge in [-0.2, -0.15) is 24.9 Å². The minimum absolute atomic E-state index is 0.0574. The van der Waals surface area contributed by atoms with E-state index >= 15 is 0 Å². The zero-order valence-electron chi connectivity index (χ0n) is 15.3. The van der Waals surface area contributed by atoms with Gasteiger partial charge in [-0.3, -0.25) is 4.57 Å². The molecule has 156 valence electrons. The molecule has 2 unspecified atom stereocenters. The summed E-state index contributed by atoms with van der Waals surface area (Å²) in [7, 11) is 0. The zero-order chi connectivity index (χ0) is 20.1.